The van der Waals surface area contributed by atoms with Crippen LogP contribution in [0.1, 0.15) is 58.1 Å². The number of methoxy groups -OCH3 is 1. The van der Waals surface area contributed by atoms with Gasteiger partial charge in [-0.05, 0) is 74.3 Å². The molecule has 5 nitrogen and oxygen atoms in total. The highest BCUT2D eigenvalue weighted by molar-refractivity contribution is 7.17. The average Bonchev–Trinajstić information content (AvgIpc) is 3.05. The van der Waals surface area contributed by atoms with Crippen LogP contribution in [0, 0.1) is 19.8 Å². The second-order valence-corrected chi connectivity index (χ2v) is 9.40. The smallest absolute Gasteiger partial charge is 0.341 e. The number of amides is 1. The highest BCUT2D eigenvalue weighted by Gasteiger charge is 2.28. The predicted molar refractivity (Wildman–Crippen MR) is 121 cm³/mol. The third-order valence-corrected chi connectivity index (χ3v) is 7.15. The van der Waals surface area contributed by atoms with Crippen molar-refractivity contribution in [2.75, 3.05) is 19.0 Å². The maximum Gasteiger partial charge on any atom is 0.341 e. The van der Waals surface area contributed by atoms with Crippen molar-refractivity contribution in [2.45, 2.75) is 52.9 Å². The number of fused-ring (bicyclic) bond motifs is 1. The van der Waals surface area contributed by atoms with E-state index in [1.807, 2.05) is 26.0 Å². The van der Waals surface area contributed by atoms with Crippen LogP contribution in [-0.4, -0.2) is 25.6 Å². The molecule has 1 amide bonds. The molecule has 1 atom stereocenters. The van der Waals surface area contributed by atoms with E-state index in [2.05, 4.69) is 12.2 Å². The van der Waals surface area contributed by atoms with E-state index in [9.17, 15) is 9.59 Å². The summed E-state index contributed by atoms with van der Waals surface area (Å²) in [6, 6.07) is 3.80. The number of rotatable bonds is 7. The zero-order chi connectivity index (χ0) is 21.8. The minimum Gasteiger partial charge on any atom is -0.494 e. The fraction of sp³-hybridized carbons (Fsp3) is 0.478. The van der Waals surface area contributed by atoms with Crippen molar-refractivity contribution >= 4 is 39.8 Å². The normalized spacial score (nSPS) is 15.4. The molecule has 0 spiro atoms. The lowest BCUT2D eigenvalue weighted by molar-refractivity contribution is -0.116. The van der Waals surface area contributed by atoms with Gasteiger partial charge in [0, 0.05) is 16.3 Å². The van der Waals surface area contributed by atoms with Crippen LogP contribution in [0.15, 0.2) is 12.1 Å². The summed E-state index contributed by atoms with van der Waals surface area (Å²) >= 11 is 7.68. The molecule has 1 aliphatic rings. The molecule has 0 radical (unpaired) electrons. The second kappa shape index (κ2) is 9.84. The number of hydrogen-bond donors (Lipinski definition) is 1. The lowest BCUT2D eigenvalue weighted by Crippen LogP contribution is -2.16. The molecule has 0 bridgehead atoms. The highest BCUT2D eigenvalue weighted by Crippen LogP contribution is 2.40. The number of carbonyl (C=O) groups is 2. The number of esters is 1. The number of nitrogens with one attached hydrogen (secondary N) is 1. The first kappa shape index (κ1) is 22.6. The van der Waals surface area contributed by atoms with Crippen LogP contribution in [0.3, 0.4) is 0 Å². The monoisotopic (exact) mass is 449 g/mol. The van der Waals surface area contributed by atoms with Gasteiger partial charge in [-0.3, -0.25) is 4.79 Å². The van der Waals surface area contributed by atoms with Gasteiger partial charge >= 0.3 is 5.97 Å². The van der Waals surface area contributed by atoms with E-state index >= 15 is 0 Å². The van der Waals surface area contributed by atoms with Gasteiger partial charge in [-0.25, -0.2) is 4.79 Å². The minimum atomic E-state index is -0.380. The summed E-state index contributed by atoms with van der Waals surface area (Å²) in [5.74, 6) is 0.832. The highest BCUT2D eigenvalue weighted by atomic mass is 35.5. The van der Waals surface area contributed by atoms with Gasteiger partial charge in [0.25, 0.3) is 0 Å². The van der Waals surface area contributed by atoms with Gasteiger partial charge in [0.15, 0.2) is 0 Å². The minimum absolute atomic E-state index is 0.126. The van der Waals surface area contributed by atoms with E-state index in [-0.39, 0.29) is 11.9 Å². The Kier molecular flexibility index (Phi) is 7.42. The molecule has 0 aliphatic heterocycles. The van der Waals surface area contributed by atoms with Gasteiger partial charge in [0.05, 0.1) is 19.3 Å². The standard InChI is InChI=1S/C23H28ClNO4S/c1-13-7-8-17-18(10-13)30-22(20(17)23(27)28-4)25-19(26)6-5-9-29-16-11-14(2)21(24)15(3)12-16/h11-13H,5-10H2,1-4H3,(H,25,26). The maximum absolute atomic E-state index is 12.5. The quantitative estimate of drug-likeness (QED) is 0.433. The predicted octanol–water partition coefficient (Wildman–Crippen LogP) is 5.73. The van der Waals surface area contributed by atoms with E-state index in [0.717, 1.165) is 46.7 Å². The van der Waals surface area contributed by atoms with Crippen LogP contribution in [0.5, 0.6) is 5.75 Å². The molecule has 1 N–H and O–H groups in total. The molecule has 7 heteroatoms. The molecule has 1 heterocycles. The Morgan fingerprint density at radius 1 is 1.27 bits per heavy atom. The van der Waals surface area contributed by atoms with Gasteiger partial charge in [-0.1, -0.05) is 18.5 Å². The zero-order valence-electron chi connectivity index (χ0n) is 17.9. The summed E-state index contributed by atoms with van der Waals surface area (Å²) in [5, 5.41) is 4.28. The van der Waals surface area contributed by atoms with Gasteiger partial charge < -0.3 is 14.8 Å². The maximum atomic E-state index is 12.5. The van der Waals surface area contributed by atoms with E-state index in [4.69, 9.17) is 21.1 Å². The molecule has 1 aromatic carbocycles. The van der Waals surface area contributed by atoms with Crippen molar-refractivity contribution in [3.63, 3.8) is 0 Å². The first-order chi connectivity index (χ1) is 14.3. The number of anilines is 1. The zero-order valence-corrected chi connectivity index (χ0v) is 19.5. The largest absolute Gasteiger partial charge is 0.494 e. The summed E-state index contributed by atoms with van der Waals surface area (Å²) in [6.07, 6.45) is 3.71. The summed E-state index contributed by atoms with van der Waals surface area (Å²) in [7, 11) is 1.38. The van der Waals surface area contributed by atoms with E-state index in [1.54, 1.807) is 0 Å². The topological polar surface area (TPSA) is 64.6 Å². The van der Waals surface area contributed by atoms with E-state index in [1.165, 1.54) is 23.3 Å². The van der Waals surface area contributed by atoms with E-state index in [0.29, 0.717) is 35.9 Å². The van der Waals surface area contributed by atoms with Crippen molar-refractivity contribution in [3.05, 3.63) is 44.3 Å². The molecule has 1 aliphatic carbocycles. The Labute approximate surface area is 186 Å². The Balaban J connectivity index is 1.58. The lowest BCUT2D eigenvalue weighted by Gasteiger charge is -2.18. The van der Waals surface area contributed by atoms with Crippen LogP contribution in [-0.2, 0) is 22.4 Å². The third kappa shape index (κ3) is 5.16. The second-order valence-electron chi connectivity index (χ2n) is 7.92. The van der Waals surface area contributed by atoms with Gasteiger partial charge in [0.2, 0.25) is 5.91 Å². The Bertz CT molecular complexity index is 930. The Morgan fingerprint density at radius 2 is 1.97 bits per heavy atom. The van der Waals surface area contributed by atoms with Crippen molar-refractivity contribution in [1.29, 1.82) is 0 Å². The first-order valence-electron chi connectivity index (χ1n) is 10.2. The van der Waals surface area contributed by atoms with Gasteiger partial charge in [-0.2, -0.15) is 0 Å². The van der Waals surface area contributed by atoms with Crippen molar-refractivity contribution in [1.82, 2.24) is 0 Å². The van der Waals surface area contributed by atoms with Crippen LogP contribution >= 0.6 is 22.9 Å². The Morgan fingerprint density at radius 3 is 2.63 bits per heavy atom. The van der Waals surface area contributed by atoms with Crippen LogP contribution < -0.4 is 10.1 Å². The summed E-state index contributed by atoms with van der Waals surface area (Å²) in [6.45, 7) is 6.52. The average molecular weight is 450 g/mol. The van der Waals surface area contributed by atoms with Crippen molar-refractivity contribution in [3.8, 4) is 5.75 Å². The fourth-order valence-corrected chi connectivity index (χ4v) is 5.28. The number of thiophene rings is 1. The van der Waals surface area contributed by atoms with Crippen LogP contribution in [0.2, 0.25) is 5.02 Å². The molecule has 30 heavy (non-hydrogen) atoms. The van der Waals surface area contributed by atoms with Crippen molar-refractivity contribution in [2.24, 2.45) is 5.92 Å². The van der Waals surface area contributed by atoms with Crippen LogP contribution in [0.25, 0.3) is 0 Å². The molecule has 1 aromatic heterocycles. The molecule has 1 unspecified atom stereocenters. The number of ether oxygens (including phenoxy) is 2. The molecule has 0 fully saturated rings. The summed E-state index contributed by atoms with van der Waals surface area (Å²) in [4.78, 5) is 26.0. The lowest BCUT2D eigenvalue weighted by atomic mass is 9.88. The Hall–Kier alpha value is -2.05. The molecule has 0 saturated carbocycles. The summed E-state index contributed by atoms with van der Waals surface area (Å²) in [5.41, 5.74) is 3.50. The molecule has 162 valence electrons. The van der Waals surface area contributed by atoms with Crippen molar-refractivity contribution < 1.29 is 19.1 Å². The number of aryl methyl sites for hydroxylation is 2. The first-order valence-corrected chi connectivity index (χ1v) is 11.4. The molecular formula is C23H28ClNO4S. The molecule has 0 saturated heterocycles. The summed E-state index contributed by atoms with van der Waals surface area (Å²) < 4.78 is 10.7. The molecule has 2 aromatic rings. The third-order valence-electron chi connectivity index (χ3n) is 5.38. The molecular weight excluding hydrogens is 422 g/mol. The van der Waals surface area contributed by atoms with Gasteiger partial charge in [0.1, 0.15) is 10.8 Å². The van der Waals surface area contributed by atoms with Crippen LogP contribution in [0.4, 0.5) is 5.00 Å². The SMILES string of the molecule is COC(=O)c1c(NC(=O)CCCOc2cc(C)c(Cl)c(C)c2)sc2c1CCC(C)C2. The number of benzene rings is 1. The number of halogens is 1. The van der Waals surface area contributed by atoms with E-state index < -0.39 is 0 Å². The van der Waals surface area contributed by atoms with Gasteiger partial charge in [-0.15, -0.1) is 11.3 Å². The molecule has 3 rings (SSSR count). The fourth-order valence-electron chi connectivity index (χ4n) is 3.76. The number of hydrogen-bond acceptors (Lipinski definition) is 5. The number of carbonyl (C=O) groups excluding carboxylic acids is 2.